The van der Waals surface area contributed by atoms with E-state index in [-0.39, 0.29) is 18.2 Å². The largest absolute Gasteiger partial charge is 0.463 e. The molecule has 0 heterocycles. The summed E-state index contributed by atoms with van der Waals surface area (Å²) >= 11 is 0. The van der Waals surface area contributed by atoms with Crippen molar-refractivity contribution in [1.29, 1.82) is 0 Å². The molecular formula is C15H18O3. The summed E-state index contributed by atoms with van der Waals surface area (Å²) in [7, 11) is 0. The van der Waals surface area contributed by atoms with Gasteiger partial charge in [-0.05, 0) is 31.9 Å². The van der Waals surface area contributed by atoms with Crippen molar-refractivity contribution < 1.29 is 14.3 Å². The molecule has 18 heavy (non-hydrogen) atoms. The van der Waals surface area contributed by atoms with Gasteiger partial charge in [-0.1, -0.05) is 30.3 Å². The lowest BCUT2D eigenvalue weighted by Gasteiger charge is -2.10. The second-order valence-corrected chi connectivity index (χ2v) is 4.07. The number of rotatable bonds is 5. The maximum absolute atomic E-state index is 11.7. The van der Waals surface area contributed by atoms with Crippen molar-refractivity contribution >= 4 is 17.3 Å². The Labute approximate surface area is 107 Å². The van der Waals surface area contributed by atoms with Crippen molar-refractivity contribution in [2.45, 2.75) is 27.2 Å². The van der Waals surface area contributed by atoms with Gasteiger partial charge in [-0.3, -0.25) is 4.79 Å². The van der Waals surface area contributed by atoms with Crippen molar-refractivity contribution in [3.05, 3.63) is 41.5 Å². The molecule has 0 N–H and O–H groups in total. The third-order valence-corrected chi connectivity index (χ3v) is 2.58. The number of benzene rings is 1. The van der Waals surface area contributed by atoms with Crippen molar-refractivity contribution in [2.24, 2.45) is 0 Å². The van der Waals surface area contributed by atoms with Crippen molar-refractivity contribution in [2.75, 3.05) is 6.61 Å². The number of hydrogen-bond donors (Lipinski definition) is 0. The molecule has 0 unspecified atom stereocenters. The molecule has 3 heteroatoms. The van der Waals surface area contributed by atoms with Crippen LogP contribution in [-0.2, 0) is 14.3 Å². The molecule has 3 nitrogen and oxygen atoms in total. The topological polar surface area (TPSA) is 43.4 Å². The molecule has 0 saturated carbocycles. The van der Waals surface area contributed by atoms with E-state index in [9.17, 15) is 9.59 Å². The maximum Gasteiger partial charge on any atom is 0.334 e. The molecule has 0 saturated heterocycles. The van der Waals surface area contributed by atoms with Gasteiger partial charge in [0.15, 0.2) is 0 Å². The fraction of sp³-hybridized carbons (Fsp3) is 0.333. The van der Waals surface area contributed by atoms with E-state index in [1.165, 1.54) is 6.92 Å². The van der Waals surface area contributed by atoms with Gasteiger partial charge >= 0.3 is 5.97 Å². The zero-order valence-electron chi connectivity index (χ0n) is 11.0. The zero-order valence-corrected chi connectivity index (χ0v) is 11.0. The smallest absolute Gasteiger partial charge is 0.334 e. The van der Waals surface area contributed by atoms with Crippen LogP contribution in [0, 0.1) is 0 Å². The molecule has 0 amide bonds. The van der Waals surface area contributed by atoms with Crippen LogP contribution in [0.25, 0.3) is 5.57 Å². The second-order valence-electron chi connectivity index (χ2n) is 4.07. The van der Waals surface area contributed by atoms with Gasteiger partial charge in [0.25, 0.3) is 0 Å². The summed E-state index contributed by atoms with van der Waals surface area (Å²) in [5.41, 5.74) is 2.12. The van der Waals surface area contributed by atoms with Crippen LogP contribution in [0.4, 0.5) is 0 Å². The number of allylic oxidation sites excluding steroid dienone is 1. The highest BCUT2D eigenvalue weighted by atomic mass is 16.5. The first-order valence-corrected chi connectivity index (χ1v) is 5.98. The maximum atomic E-state index is 11.7. The molecule has 0 atom stereocenters. The normalized spacial score (nSPS) is 11.7. The van der Waals surface area contributed by atoms with Crippen LogP contribution >= 0.6 is 0 Å². The Balaban J connectivity index is 3.16. The lowest BCUT2D eigenvalue weighted by atomic mass is 9.96. The SMILES string of the molecule is CCOC(=O)/C(C)=C(\CC(C)=O)c1ccccc1. The van der Waals surface area contributed by atoms with Crippen LogP contribution in [0.5, 0.6) is 0 Å². The average molecular weight is 246 g/mol. The molecule has 1 rings (SSSR count). The molecule has 0 bridgehead atoms. The Morgan fingerprint density at radius 1 is 1.11 bits per heavy atom. The summed E-state index contributed by atoms with van der Waals surface area (Å²) in [4.78, 5) is 23.1. The summed E-state index contributed by atoms with van der Waals surface area (Å²) in [6, 6.07) is 9.44. The van der Waals surface area contributed by atoms with E-state index in [1.807, 2.05) is 30.3 Å². The van der Waals surface area contributed by atoms with Gasteiger partial charge in [0.05, 0.1) is 6.61 Å². The van der Waals surface area contributed by atoms with Crippen molar-refractivity contribution in [1.82, 2.24) is 0 Å². The number of ketones is 1. The number of carbonyl (C=O) groups is 2. The molecule has 96 valence electrons. The molecule has 0 spiro atoms. The number of Topliss-reactive ketones (excluding diaryl/α,β-unsaturated/α-hetero) is 1. The van der Waals surface area contributed by atoms with Gasteiger partial charge in [-0.2, -0.15) is 0 Å². The highest BCUT2D eigenvalue weighted by molar-refractivity contribution is 6.01. The van der Waals surface area contributed by atoms with Gasteiger partial charge in [0.1, 0.15) is 5.78 Å². The molecular weight excluding hydrogens is 228 g/mol. The molecule has 0 aromatic heterocycles. The van der Waals surface area contributed by atoms with E-state index in [0.717, 1.165) is 11.1 Å². The Morgan fingerprint density at radius 2 is 1.72 bits per heavy atom. The summed E-state index contributed by atoms with van der Waals surface area (Å²) in [5, 5.41) is 0. The first-order chi connectivity index (χ1) is 8.56. The van der Waals surface area contributed by atoms with Crippen LogP contribution < -0.4 is 0 Å². The predicted molar refractivity (Wildman–Crippen MR) is 71.0 cm³/mol. The van der Waals surface area contributed by atoms with Gasteiger partial charge in [-0.15, -0.1) is 0 Å². The van der Waals surface area contributed by atoms with Gasteiger partial charge in [-0.25, -0.2) is 4.79 Å². The van der Waals surface area contributed by atoms with E-state index in [0.29, 0.717) is 12.2 Å². The first-order valence-electron chi connectivity index (χ1n) is 5.98. The molecule has 0 fully saturated rings. The second kappa shape index (κ2) is 6.74. The standard InChI is InChI=1S/C15H18O3/c1-4-18-15(17)12(3)14(10-11(2)16)13-8-6-5-7-9-13/h5-9H,4,10H2,1-3H3/b14-12+. The quantitative estimate of drug-likeness (QED) is 0.592. The van der Waals surface area contributed by atoms with Crippen molar-refractivity contribution in [3.63, 3.8) is 0 Å². The van der Waals surface area contributed by atoms with Crippen LogP contribution in [-0.4, -0.2) is 18.4 Å². The van der Waals surface area contributed by atoms with E-state index < -0.39 is 0 Å². The van der Waals surface area contributed by atoms with E-state index in [4.69, 9.17) is 4.74 Å². The third-order valence-electron chi connectivity index (χ3n) is 2.58. The van der Waals surface area contributed by atoms with E-state index in [2.05, 4.69) is 0 Å². The molecule has 1 aromatic rings. The molecule has 1 aromatic carbocycles. The Morgan fingerprint density at radius 3 is 2.22 bits per heavy atom. The monoisotopic (exact) mass is 246 g/mol. The molecule has 0 aliphatic heterocycles. The minimum absolute atomic E-state index is 0.0255. The van der Waals surface area contributed by atoms with Crippen LogP contribution in [0.15, 0.2) is 35.9 Å². The number of carbonyl (C=O) groups excluding carboxylic acids is 2. The molecule has 0 radical (unpaired) electrons. The fourth-order valence-corrected chi connectivity index (χ4v) is 1.70. The van der Waals surface area contributed by atoms with Crippen molar-refractivity contribution in [3.8, 4) is 0 Å². The van der Waals surface area contributed by atoms with Gasteiger partial charge < -0.3 is 4.74 Å². The lowest BCUT2D eigenvalue weighted by molar-refractivity contribution is -0.138. The van der Waals surface area contributed by atoms with Crippen LogP contribution in [0.1, 0.15) is 32.8 Å². The summed E-state index contributed by atoms with van der Waals surface area (Å²) < 4.78 is 4.98. The summed E-state index contributed by atoms with van der Waals surface area (Å²) in [5.74, 6) is -0.338. The minimum Gasteiger partial charge on any atom is -0.463 e. The highest BCUT2D eigenvalue weighted by Crippen LogP contribution is 2.23. The summed E-state index contributed by atoms with van der Waals surface area (Å²) in [6.45, 7) is 5.31. The molecule has 0 aliphatic rings. The van der Waals surface area contributed by atoms with Gasteiger partial charge in [0, 0.05) is 12.0 Å². The average Bonchev–Trinajstić information content (AvgIpc) is 2.36. The predicted octanol–water partition coefficient (Wildman–Crippen LogP) is 3.00. The number of esters is 1. The van der Waals surface area contributed by atoms with E-state index in [1.54, 1.807) is 13.8 Å². The third kappa shape index (κ3) is 3.84. The molecule has 0 aliphatic carbocycles. The lowest BCUT2D eigenvalue weighted by Crippen LogP contribution is -2.09. The fourth-order valence-electron chi connectivity index (χ4n) is 1.70. The zero-order chi connectivity index (χ0) is 13.5. The summed E-state index contributed by atoms with van der Waals surface area (Å²) in [6.07, 6.45) is 0.245. The minimum atomic E-state index is -0.363. The number of hydrogen-bond acceptors (Lipinski definition) is 3. The first kappa shape index (κ1) is 14.2. The number of ether oxygens (including phenoxy) is 1. The Bertz CT molecular complexity index is 458. The highest BCUT2D eigenvalue weighted by Gasteiger charge is 2.14. The Hall–Kier alpha value is -1.90. The van der Waals surface area contributed by atoms with E-state index >= 15 is 0 Å². The Kier molecular flexibility index (Phi) is 5.31. The van der Waals surface area contributed by atoms with Crippen LogP contribution in [0.2, 0.25) is 0 Å². The van der Waals surface area contributed by atoms with Crippen LogP contribution in [0.3, 0.4) is 0 Å². The van der Waals surface area contributed by atoms with Gasteiger partial charge in [0.2, 0.25) is 0 Å².